The minimum atomic E-state index is -0.966. The Morgan fingerprint density at radius 1 is 1.47 bits per heavy atom. The van der Waals surface area contributed by atoms with Crippen LogP contribution in [0.3, 0.4) is 0 Å². The van der Waals surface area contributed by atoms with Crippen LogP contribution in [0.25, 0.3) is 0 Å². The number of ether oxygens (including phenoxy) is 1. The van der Waals surface area contributed by atoms with Crippen LogP contribution in [-0.4, -0.2) is 25.2 Å². The summed E-state index contributed by atoms with van der Waals surface area (Å²) in [6.45, 7) is 2.00. The standard InChI is InChI=1S/C12H17FN2O2/c1-3-12(8-17-2,11(14)16)15-10-6-4-9(13)5-7-10/h4-7,15H,3,8H2,1-2H3,(H2,14,16). The highest BCUT2D eigenvalue weighted by molar-refractivity contribution is 5.88. The first-order valence-electron chi connectivity index (χ1n) is 5.36. The molecule has 5 heteroatoms. The third kappa shape index (κ3) is 3.17. The molecular weight excluding hydrogens is 223 g/mol. The molecule has 1 unspecified atom stereocenters. The van der Waals surface area contributed by atoms with Crippen molar-refractivity contribution in [1.82, 2.24) is 0 Å². The van der Waals surface area contributed by atoms with E-state index in [2.05, 4.69) is 5.32 Å². The first-order valence-corrected chi connectivity index (χ1v) is 5.36. The first kappa shape index (κ1) is 13.4. The second kappa shape index (κ2) is 5.63. The fraction of sp³-hybridized carbons (Fsp3) is 0.417. The van der Waals surface area contributed by atoms with Crippen molar-refractivity contribution in [3.05, 3.63) is 30.1 Å². The minimum absolute atomic E-state index is 0.163. The van der Waals surface area contributed by atoms with Crippen molar-refractivity contribution in [2.75, 3.05) is 19.0 Å². The number of hydrogen-bond donors (Lipinski definition) is 2. The molecule has 0 heterocycles. The maximum Gasteiger partial charge on any atom is 0.245 e. The van der Waals surface area contributed by atoms with Crippen molar-refractivity contribution in [3.8, 4) is 0 Å². The summed E-state index contributed by atoms with van der Waals surface area (Å²) >= 11 is 0. The second-order valence-corrected chi connectivity index (χ2v) is 3.86. The molecule has 0 aliphatic carbocycles. The summed E-state index contributed by atoms with van der Waals surface area (Å²) in [5.74, 6) is -0.824. The molecule has 94 valence electrons. The summed E-state index contributed by atoms with van der Waals surface area (Å²) in [5, 5.41) is 3.00. The Balaban J connectivity index is 2.92. The molecule has 0 radical (unpaired) electrons. The monoisotopic (exact) mass is 240 g/mol. The molecule has 1 aromatic carbocycles. The molecule has 0 saturated heterocycles. The first-order chi connectivity index (χ1) is 8.04. The number of amides is 1. The van der Waals surface area contributed by atoms with Gasteiger partial charge in [-0.05, 0) is 30.7 Å². The fourth-order valence-corrected chi connectivity index (χ4v) is 1.59. The molecule has 1 amide bonds. The SMILES string of the molecule is CCC(COC)(Nc1ccc(F)cc1)C(N)=O. The van der Waals surface area contributed by atoms with Gasteiger partial charge in [-0.1, -0.05) is 6.92 Å². The van der Waals surface area contributed by atoms with E-state index in [9.17, 15) is 9.18 Å². The molecular formula is C12H17FN2O2. The quantitative estimate of drug-likeness (QED) is 0.792. The van der Waals surface area contributed by atoms with Crippen molar-refractivity contribution >= 4 is 11.6 Å². The molecule has 0 aliphatic heterocycles. The van der Waals surface area contributed by atoms with Crippen LogP contribution in [-0.2, 0) is 9.53 Å². The zero-order valence-corrected chi connectivity index (χ0v) is 10.00. The van der Waals surface area contributed by atoms with E-state index >= 15 is 0 Å². The highest BCUT2D eigenvalue weighted by Crippen LogP contribution is 2.19. The lowest BCUT2D eigenvalue weighted by Gasteiger charge is -2.30. The highest BCUT2D eigenvalue weighted by Gasteiger charge is 2.34. The Bertz CT molecular complexity index is 381. The lowest BCUT2D eigenvalue weighted by molar-refractivity contribution is -0.124. The van der Waals surface area contributed by atoms with Crippen LogP contribution >= 0.6 is 0 Å². The fourth-order valence-electron chi connectivity index (χ4n) is 1.59. The average molecular weight is 240 g/mol. The van der Waals surface area contributed by atoms with E-state index in [-0.39, 0.29) is 12.4 Å². The van der Waals surface area contributed by atoms with Gasteiger partial charge in [0.25, 0.3) is 0 Å². The molecule has 1 aromatic rings. The lowest BCUT2D eigenvalue weighted by atomic mass is 9.95. The molecule has 0 aliphatic rings. The van der Waals surface area contributed by atoms with Crippen LogP contribution in [0.2, 0.25) is 0 Å². The number of benzene rings is 1. The van der Waals surface area contributed by atoms with Crippen LogP contribution in [0, 0.1) is 5.82 Å². The Hall–Kier alpha value is -1.62. The van der Waals surface area contributed by atoms with E-state index in [4.69, 9.17) is 10.5 Å². The van der Waals surface area contributed by atoms with Crippen molar-refractivity contribution in [3.63, 3.8) is 0 Å². The molecule has 0 fully saturated rings. The molecule has 1 rings (SSSR count). The minimum Gasteiger partial charge on any atom is -0.382 e. The summed E-state index contributed by atoms with van der Waals surface area (Å²) < 4.78 is 17.8. The van der Waals surface area contributed by atoms with Crippen LogP contribution < -0.4 is 11.1 Å². The molecule has 1 atom stereocenters. The van der Waals surface area contributed by atoms with Crippen molar-refractivity contribution in [1.29, 1.82) is 0 Å². The third-order valence-corrected chi connectivity index (χ3v) is 2.69. The Kier molecular flexibility index (Phi) is 4.45. The summed E-state index contributed by atoms with van der Waals surface area (Å²) in [7, 11) is 1.50. The predicted molar refractivity (Wildman–Crippen MR) is 64.1 cm³/mol. The summed E-state index contributed by atoms with van der Waals surface area (Å²) in [6, 6.07) is 5.74. The number of nitrogens with one attached hydrogen (secondary N) is 1. The maximum absolute atomic E-state index is 12.8. The number of nitrogens with two attached hydrogens (primary N) is 1. The smallest absolute Gasteiger partial charge is 0.245 e. The van der Waals surface area contributed by atoms with Crippen LogP contribution in [0.15, 0.2) is 24.3 Å². The van der Waals surface area contributed by atoms with E-state index in [1.165, 1.54) is 19.2 Å². The largest absolute Gasteiger partial charge is 0.382 e. The summed E-state index contributed by atoms with van der Waals surface area (Å²) in [4.78, 5) is 11.5. The van der Waals surface area contributed by atoms with E-state index in [1.807, 2.05) is 6.92 Å². The topological polar surface area (TPSA) is 64.3 Å². The van der Waals surface area contributed by atoms with E-state index < -0.39 is 11.4 Å². The zero-order valence-electron chi connectivity index (χ0n) is 10.00. The average Bonchev–Trinajstić information content (AvgIpc) is 2.31. The van der Waals surface area contributed by atoms with E-state index in [0.717, 1.165) is 0 Å². The van der Waals surface area contributed by atoms with Crippen LogP contribution in [0.1, 0.15) is 13.3 Å². The molecule has 3 N–H and O–H groups in total. The number of rotatable bonds is 6. The van der Waals surface area contributed by atoms with Crippen LogP contribution in [0.4, 0.5) is 10.1 Å². The number of carbonyl (C=O) groups is 1. The number of hydrogen-bond acceptors (Lipinski definition) is 3. The molecule has 0 aromatic heterocycles. The van der Waals surface area contributed by atoms with Gasteiger partial charge in [0, 0.05) is 12.8 Å². The maximum atomic E-state index is 12.8. The molecule has 0 spiro atoms. The normalized spacial score (nSPS) is 14.1. The Morgan fingerprint density at radius 2 is 2.06 bits per heavy atom. The van der Waals surface area contributed by atoms with Gasteiger partial charge in [0.1, 0.15) is 11.4 Å². The van der Waals surface area contributed by atoms with Crippen molar-refractivity contribution < 1.29 is 13.9 Å². The summed E-state index contributed by atoms with van der Waals surface area (Å²) in [6.07, 6.45) is 0.480. The van der Waals surface area contributed by atoms with Gasteiger partial charge in [-0.3, -0.25) is 4.79 Å². The van der Waals surface area contributed by atoms with Gasteiger partial charge in [0.05, 0.1) is 6.61 Å². The van der Waals surface area contributed by atoms with E-state index in [1.54, 1.807) is 12.1 Å². The molecule has 17 heavy (non-hydrogen) atoms. The molecule has 4 nitrogen and oxygen atoms in total. The van der Waals surface area contributed by atoms with Gasteiger partial charge < -0.3 is 15.8 Å². The Labute approximate surface area is 100.0 Å². The van der Waals surface area contributed by atoms with E-state index in [0.29, 0.717) is 12.1 Å². The molecule has 0 saturated carbocycles. The predicted octanol–water partition coefficient (Wildman–Crippen LogP) is 1.52. The second-order valence-electron chi connectivity index (χ2n) is 3.86. The van der Waals surface area contributed by atoms with Gasteiger partial charge in [0.2, 0.25) is 5.91 Å². The summed E-state index contributed by atoms with van der Waals surface area (Å²) in [5.41, 5.74) is 5.05. The lowest BCUT2D eigenvalue weighted by Crippen LogP contribution is -2.53. The van der Waals surface area contributed by atoms with Crippen molar-refractivity contribution in [2.45, 2.75) is 18.9 Å². The van der Waals surface area contributed by atoms with Gasteiger partial charge >= 0.3 is 0 Å². The van der Waals surface area contributed by atoms with Gasteiger partial charge in [-0.2, -0.15) is 0 Å². The number of methoxy groups -OCH3 is 1. The third-order valence-electron chi connectivity index (χ3n) is 2.69. The van der Waals surface area contributed by atoms with Crippen molar-refractivity contribution in [2.24, 2.45) is 5.73 Å². The number of primary amides is 1. The molecule has 0 bridgehead atoms. The zero-order chi connectivity index (χ0) is 12.9. The number of halogens is 1. The highest BCUT2D eigenvalue weighted by atomic mass is 19.1. The van der Waals surface area contributed by atoms with Gasteiger partial charge in [0.15, 0.2) is 0 Å². The van der Waals surface area contributed by atoms with Gasteiger partial charge in [-0.15, -0.1) is 0 Å². The Morgan fingerprint density at radius 3 is 2.47 bits per heavy atom. The number of carbonyl (C=O) groups excluding carboxylic acids is 1. The van der Waals surface area contributed by atoms with Gasteiger partial charge in [-0.25, -0.2) is 4.39 Å². The van der Waals surface area contributed by atoms with Crippen LogP contribution in [0.5, 0.6) is 0 Å². The number of anilines is 1.